The molecule has 0 bridgehead atoms. The van der Waals surface area contributed by atoms with Gasteiger partial charge in [-0.1, -0.05) is 11.6 Å². The summed E-state index contributed by atoms with van der Waals surface area (Å²) < 4.78 is 2.65. The summed E-state index contributed by atoms with van der Waals surface area (Å²) in [5.74, 6) is 0. The molecule has 37 heavy (non-hydrogen) atoms. The average Bonchev–Trinajstić information content (AvgIpc) is 3.49. The summed E-state index contributed by atoms with van der Waals surface area (Å²) in [6.07, 6.45) is 11.0. The predicted molar refractivity (Wildman–Crippen MR) is 151 cm³/mol. The SMILES string of the molecule is Cc1cnn(Cc2cc3nccc(-c4cc(Cl)cc5c4N(C4CNC6(CCC6)C4)CCC5)c3s2)c(=O)c1. The van der Waals surface area contributed by atoms with Gasteiger partial charge in [-0.15, -0.1) is 11.3 Å². The fourth-order valence-corrected chi connectivity index (χ4v) is 7.87. The molecule has 1 aliphatic carbocycles. The number of nitrogens with zero attached hydrogens (tertiary/aromatic N) is 4. The fourth-order valence-electron chi connectivity index (χ4n) is 6.51. The molecule has 1 atom stereocenters. The van der Waals surface area contributed by atoms with Crippen LogP contribution in [0, 0.1) is 6.92 Å². The number of halogens is 1. The van der Waals surface area contributed by atoms with Crippen LogP contribution >= 0.6 is 22.9 Å². The minimum Gasteiger partial charge on any atom is -0.366 e. The Labute approximate surface area is 225 Å². The summed E-state index contributed by atoms with van der Waals surface area (Å²) in [5.41, 5.74) is 7.16. The molecule has 1 spiro atoms. The van der Waals surface area contributed by atoms with Gasteiger partial charge in [-0.05, 0) is 80.8 Å². The summed E-state index contributed by atoms with van der Waals surface area (Å²) in [6.45, 7) is 4.46. The van der Waals surface area contributed by atoms with Gasteiger partial charge in [-0.3, -0.25) is 9.78 Å². The van der Waals surface area contributed by atoms with E-state index in [2.05, 4.69) is 44.6 Å². The first kappa shape index (κ1) is 23.4. The van der Waals surface area contributed by atoms with Gasteiger partial charge in [0.25, 0.3) is 5.56 Å². The Morgan fingerprint density at radius 2 is 2.08 bits per heavy atom. The molecule has 4 aromatic rings. The first-order valence-electron chi connectivity index (χ1n) is 13.2. The molecule has 5 heterocycles. The van der Waals surface area contributed by atoms with E-state index >= 15 is 0 Å². The number of benzene rings is 1. The average molecular weight is 532 g/mol. The molecule has 0 radical (unpaired) electrons. The highest BCUT2D eigenvalue weighted by atomic mass is 35.5. The van der Waals surface area contributed by atoms with E-state index in [0.29, 0.717) is 18.1 Å². The molecule has 1 unspecified atom stereocenters. The zero-order valence-corrected chi connectivity index (χ0v) is 22.5. The number of thiophene rings is 1. The molecule has 190 valence electrons. The molecule has 1 N–H and O–H groups in total. The summed E-state index contributed by atoms with van der Waals surface area (Å²) >= 11 is 8.41. The molecule has 2 fully saturated rings. The number of rotatable bonds is 4. The Bertz CT molecular complexity index is 1570. The highest BCUT2D eigenvalue weighted by Gasteiger charge is 2.45. The standard InChI is InChI=1S/C29H30ClN5OS/c1-18-10-26(36)35(33-15-18)17-22-13-25-28(37-22)23(5-8-31-25)24-12-20(30)11-19-4-2-9-34(27(19)24)21-14-29(32-16-21)6-3-7-29/h5,8,10-13,15,21,32H,2-4,6-7,9,14,16-17H2,1H3. The number of fused-ring (bicyclic) bond motifs is 2. The van der Waals surface area contributed by atoms with Crippen LogP contribution in [-0.2, 0) is 13.0 Å². The molecule has 6 nitrogen and oxygen atoms in total. The van der Waals surface area contributed by atoms with E-state index in [-0.39, 0.29) is 5.56 Å². The van der Waals surface area contributed by atoms with E-state index in [0.717, 1.165) is 51.6 Å². The van der Waals surface area contributed by atoms with Crippen molar-refractivity contribution in [3.63, 3.8) is 0 Å². The minimum atomic E-state index is -0.0837. The van der Waals surface area contributed by atoms with Crippen molar-refractivity contribution in [2.45, 2.75) is 63.6 Å². The van der Waals surface area contributed by atoms with Crippen molar-refractivity contribution < 1.29 is 0 Å². The minimum absolute atomic E-state index is 0.0837. The van der Waals surface area contributed by atoms with Crippen molar-refractivity contribution in [3.8, 4) is 11.1 Å². The van der Waals surface area contributed by atoms with Crippen molar-refractivity contribution in [1.29, 1.82) is 0 Å². The number of hydrogen-bond acceptors (Lipinski definition) is 6. The molecule has 7 rings (SSSR count). The third-order valence-corrected chi connectivity index (χ3v) is 9.80. The Hall–Kier alpha value is -2.74. The summed E-state index contributed by atoms with van der Waals surface area (Å²) in [7, 11) is 0. The van der Waals surface area contributed by atoms with E-state index in [1.165, 1.54) is 52.7 Å². The molecule has 3 aromatic heterocycles. The van der Waals surface area contributed by atoms with E-state index in [1.54, 1.807) is 23.6 Å². The second kappa shape index (κ2) is 8.93. The number of anilines is 1. The summed E-state index contributed by atoms with van der Waals surface area (Å²) in [5, 5.41) is 8.99. The third-order valence-electron chi connectivity index (χ3n) is 8.44. The van der Waals surface area contributed by atoms with Crippen molar-refractivity contribution in [2.24, 2.45) is 0 Å². The lowest BCUT2D eigenvalue weighted by molar-refractivity contribution is 0.214. The smallest absolute Gasteiger partial charge is 0.267 e. The molecule has 8 heteroatoms. The van der Waals surface area contributed by atoms with E-state index in [9.17, 15) is 4.79 Å². The maximum atomic E-state index is 12.4. The van der Waals surface area contributed by atoms with Crippen molar-refractivity contribution in [1.82, 2.24) is 20.1 Å². The van der Waals surface area contributed by atoms with Crippen LogP contribution < -0.4 is 15.8 Å². The normalized spacial score (nSPS) is 20.4. The van der Waals surface area contributed by atoms with Crippen LogP contribution in [0.5, 0.6) is 0 Å². The highest BCUT2D eigenvalue weighted by molar-refractivity contribution is 7.19. The number of nitrogens with one attached hydrogen (secondary N) is 1. The largest absolute Gasteiger partial charge is 0.366 e. The first-order valence-corrected chi connectivity index (χ1v) is 14.4. The van der Waals surface area contributed by atoms with E-state index in [1.807, 2.05) is 13.1 Å². The molecule has 2 aliphatic heterocycles. The van der Waals surface area contributed by atoms with Crippen LogP contribution in [0.4, 0.5) is 5.69 Å². The zero-order valence-electron chi connectivity index (χ0n) is 21.0. The van der Waals surface area contributed by atoms with Crippen LogP contribution in [0.25, 0.3) is 21.3 Å². The Kier molecular flexibility index (Phi) is 5.64. The maximum Gasteiger partial charge on any atom is 0.267 e. The predicted octanol–water partition coefficient (Wildman–Crippen LogP) is 5.57. The van der Waals surface area contributed by atoms with Gasteiger partial charge in [-0.25, -0.2) is 4.68 Å². The molecule has 1 aromatic carbocycles. The Morgan fingerprint density at radius 3 is 2.86 bits per heavy atom. The summed E-state index contributed by atoms with van der Waals surface area (Å²) in [6, 6.07) is 10.7. The van der Waals surface area contributed by atoms with Crippen molar-refractivity contribution >= 4 is 38.8 Å². The Balaban J connectivity index is 1.31. The van der Waals surface area contributed by atoms with Crippen LogP contribution in [0.3, 0.4) is 0 Å². The molecular formula is C29H30ClN5OS. The zero-order chi connectivity index (χ0) is 25.1. The topological polar surface area (TPSA) is 63.1 Å². The lowest BCUT2D eigenvalue weighted by Crippen LogP contribution is -2.46. The van der Waals surface area contributed by atoms with Gasteiger partial charge < -0.3 is 10.2 Å². The van der Waals surface area contributed by atoms with Gasteiger partial charge in [0.15, 0.2) is 0 Å². The monoisotopic (exact) mass is 531 g/mol. The second-order valence-corrected chi connectivity index (χ2v) is 12.5. The maximum absolute atomic E-state index is 12.4. The van der Waals surface area contributed by atoms with Gasteiger partial charge in [0.2, 0.25) is 0 Å². The number of aryl methyl sites for hydroxylation is 2. The Morgan fingerprint density at radius 1 is 1.19 bits per heavy atom. The lowest BCUT2D eigenvalue weighted by atomic mass is 9.75. The van der Waals surface area contributed by atoms with E-state index < -0.39 is 0 Å². The van der Waals surface area contributed by atoms with Crippen LogP contribution in [-0.4, -0.2) is 39.4 Å². The lowest BCUT2D eigenvalue weighted by Gasteiger charge is -2.41. The number of aromatic nitrogens is 3. The first-order chi connectivity index (χ1) is 18.0. The van der Waals surface area contributed by atoms with Crippen molar-refractivity contribution in [3.05, 3.63) is 74.1 Å². The summed E-state index contributed by atoms with van der Waals surface area (Å²) in [4.78, 5) is 20.9. The number of hydrogen-bond donors (Lipinski definition) is 1. The van der Waals surface area contributed by atoms with Crippen molar-refractivity contribution in [2.75, 3.05) is 18.0 Å². The highest BCUT2D eigenvalue weighted by Crippen LogP contribution is 2.47. The quantitative estimate of drug-likeness (QED) is 0.373. The van der Waals surface area contributed by atoms with Gasteiger partial charge in [0.05, 0.1) is 23.0 Å². The molecule has 1 saturated carbocycles. The van der Waals surface area contributed by atoms with Crippen LogP contribution in [0.15, 0.2) is 47.5 Å². The third kappa shape index (κ3) is 4.08. The van der Waals surface area contributed by atoms with Gasteiger partial charge in [-0.2, -0.15) is 5.10 Å². The second-order valence-electron chi connectivity index (χ2n) is 10.9. The molecule has 3 aliphatic rings. The van der Waals surface area contributed by atoms with Gasteiger partial charge in [0.1, 0.15) is 0 Å². The van der Waals surface area contributed by atoms with E-state index in [4.69, 9.17) is 11.6 Å². The molecule has 1 saturated heterocycles. The fraction of sp³-hybridized carbons (Fsp3) is 0.414. The van der Waals surface area contributed by atoms with Crippen LogP contribution in [0.2, 0.25) is 5.02 Å². The van der Waals surface area contributed by atoms with Gasteiger partial charge >= 0.3 is 0 Å². The molecule has 0 amide bonds. The molecular weight excluding hydrogens is 502 g/mol. The number of pyridine rings is 1. The van der Waals surface area contributed by atoms with Gasteiger partial charge in [0, 0.05) is 63.6 Å². The van der Waals surface area contributed by atoms with Crippen LogP contribution in [0.1, 0.15) is 48.1 Å².